The average Bonchev–Trinajstić information content (AvgIpc) is 2.13. The zero-order valence-corrected chi connectivity index (χ0v) is 10.5. The largest absolute Gasteiger partial charge is 0.444 e. The van der Waals surface area contributed by atoms with E-state index in [9.17, 15) is 13.6 Å². The average molecular weight is 250 g/mol. The molecule has 1 atom stereocenters. The van der Waals surface area contributed by atoms with E-state index >= 15 is 0 Å². The monoisotopic (exact) mass is 250 g/mol. The molecule has 4 nitrogen and oxygen atoms in total. The van der Waals surface area contributed by atoms with Crippen molar-refractivity contribution in [2.45, 2.75) is 51.2 Å². The van der Waals surface area contributed by atoms with E-state index in [0.29, 0.717) is 0 Å². The summed E-state index contributed by atoms with van der Waals surface area (Å²) in [6.07, 6.45) is -1.28. The van der Waals surface area contributed by atoms with Crippen molar-refractivity contribution in [2.24, 2.45) is 5.73 Å². The number of likely N-dealkylation sites (tertiary alicyclic amines) is 1. The second-order valence-corrected chi connectivity index (χ2v) is 5.37. The summed E-state index contributed by atoms with van der Waals surface area (Å²) in [4.78, 5) is 13.1. The number of hydrogen-bond donors (Lipinski definition) is 1. The first-order chi connectivity index (χ1) is 7.64. The van der Waals surface area contributed by atoms with Crippen molar-refractivity contribution in [1.82, 2.24) is 4.90 Å². The van der Waals surface area contributed by atoms with Gasteiger partial charge in [0.2, 0.25) is 0 Å². The molecule has 0 spiro atoms. The van der Waals surface area contributed by atoms with Crippen LogP contribution in [0.3, 0.4) is 0 Å². The van der Waals surface area contributed by atoms with E-state index < -0.39 is 23.7 Å². The molecule has 0 saturated carbocycles. The lowest BCUT2D eigenvalue weighted by atomic mass is 9.99. The standard InChI is InChI=1S/C11H20F2N2O2/c1-10(2,3)17-9(16)15-5-4-11(12,13)6-8(15)7-14/h8H,4-7,14H2,1-3H3/t8-/m0/s1. The Kier molecular flexibility index (Phi) is 3.96. The third-order valence-corrected chi connectivity index (χ3v) is 2.59. The summed E-state index contributed by atoms with van der Waals surface area (Å²) in [5.41, 5.74) is 4.80. The first-order valence-corrected chi connectivity index (χ1v) is 5.72. The van der Waals surface area contributed by atoms with Crippen molar-refractivity contribution in [2.75, 3.05) is 13.1 Å². The minimum Gasteiger partial charge on any atom is -0.444 e. The Morgan fingerprint density at radius 3 is 2.59 bits per heavy atom. The molecule has 0 aromatic carbocycles. The summed E-state index contributed by atoms with van der Waals surface area (Å²) in [5, 5.41) is 0. The molecule has 0 bridgehead atoms. The Morgan fingerprint density at radius 1 is 1.53 bits per heavy atom. The van der Waals surface area contributed by atoms with Gasteiger partial charge in [-0.25, -0.2) is 13.6 Å². The molecule has 1 rings (SSSR count). The van der Waals surface area contributed by atoms with Crippen LogP contribution in [0.25, 0.3) is 0 Å². The highest BCUT2D eigenvalue weighted by molar-refractivity contribution is 5.68. The number of piperidine rings is 1. The molecule has 0 aliphatic carbocycles. The van der Waals surface area contributed by atoms with E-state index in [2.05, 4.69) is 0 Å². The quantitative estimate of drug-likeness (QED) is 0.774. The number of rotatable bonds is 1. The Morgan fingerprint density at radius 2 is 2.12 bits per heavy atom. The van der Waals surface area contributed by atoms with Crippen LogP contribution in [0, 0.1) is 0 Å². The van der Waals surface area contributed by atoms with E-state index in [-0.39, 0.29) is 25.9 Å². The highest BCUT2D eigenvalue weighted by atomic mass is 19.3. The minimum absolute atomic E-state index is 0.0101. The van der Waals surface area contributed by atoms with Crippen molar-refractivity contribution in [3.05, 3.63) is 0 Å². The lowest BCUT2D eigenvalue weighted by Crippen LogP contribution is -2.53. The van der Waals surface area contributed by atoms with Gasteiger partial charge in [-0.1, -0.05) is 0 Å². The van der Waals surface area contributed by atoms with Crippen molar-refractivity contribution in [3.8, 4) is 0 Å². The molecule has 6 heteroatoms. The van der Waals surface area contributed by atoms with E-state index in [1.807, 2.05) is 0 Å². The highest BCUT2D eigenvalue weighted by Gasteiger charge is 2.42. The number of ether oxygens (including phenoxy) is 1. The van der Waals surface area contributed by atoms with Gasteiger partial charge in [0.05, 0.1) is 6.04 Å². The Labute approximate surface area is 100 Å². The summed E-state index contributed by atoms with van der Waals surface area (Å²) in [5.74, 6) is -2.73. The van der Waals surface area contributed by atoms with Crippen LogP contribution in [0.2, 0.25) is 0 Å². The molecular weight excluding hydrogens is 230 g/mol. The zero-order valence-electron chi connectivity index (χ0n) is 10.5. The summed E-state index contributed by atoms with van der Waals surface area (Å²) in [6.45, 7) is 5.22. The fourth-order valence-corrected chi connectivity index (χ4v) is 1.80. The molecule has 0 aromatic rings. The maximum Gasteiger partial charge on any atom is 0.410 e. The fraction of sp³-hybridized carbons (Fsp3) is 0.909. The van der Waals surface area contributed by atoms with E-state index in [1.165, 1.54) is 4.90 Å². The number of nitrogens with zero attached hydrogens (tertiary/aromatic N) is 1. The van der Waals surface area contributed by atoms with Gasteiger partial charge in [0.25, 0.3) is 5.92 Å². The van der Waals surface area contributed by atoms with Gasteiger partial charge in [-0.15, -0.1) is 0 Å². The molecule has 1 aliphatic heterocycles. The van der Waals surface area contributed by atoms with Gasteiger partial charge in [0.15, 0.2) is 0 Å². The third-order valence-electron chi connectivity index (χ3n) is 2.59. The molecule has 0 aromatic heterocycles. The number of hydrogen-bond acceptors (Lipinski definition) is 3. The Hall–Kier alpha value is -0.910. The summed E-state index contributed by atoms with van der Waals surface area (Å²) in [7, 11) is 0. The smallest absolute Gasteiger partial charge is 0.410 e. The predicted molar refractivity (Wildman–Crippen MR) is 60.0 cm³/mol. The van der Waals surface area contributed by atoms with E-state index in [0.717, 1.165) is 0 Å². The van der Waals surface area contributed by atoms with Gasteiger partial charge >= 0.3 is 6.09 Å². The lowest BCUT2D eigenvalue weighted by Gasteiger charge is -2.39. The Bertz CT molecular complexity index is 290. The van der Waals surface area contributed by atoms with Crippen molar-refractivity contribution >= 4 is 6.09 Å². The number of carbonyl (C=O) groups excluding carboxylic acids is 1. The van der Waals surface area contributed by atoms with Crippen molar-refractivity contribution in [3.63, 3.8) is 0 Å². The van der Waals surface area contributed by atoms with E-state index in [4.69, 9.17) is 10.5 Å². The molecule has 1 heterocycles. The number of alkyl halides is 2. The normalized spacial score (nSPS) is 24.6. The highest BCUT2D eigenvalue weighted by Crippen LogP contribution is 2.32. The van der Waals surface area contributed by atoms with Crippen LogP contribution in [0.5, 0.6) is 0 Å². The van der Waals surface area contributed by atoms with Crippen LogP contribution in [0.15, 0.2) is 0 Å². The van der Waals surface area contributed by atoms with Crippen molar-refractivity contribution in [1.29, 1.82) is 0 Å². The zero-order chi connectivity index (χ0) is 13.3. The van der Waals surface area contributed by atoms with Crippen molar-refractivity contribution < 1.29 is 18.3 Å². The number of carbonyl (C=O) groups is 1. The van der Waals surface area contributed by atoms with Crippen LogP contribution >= 0.6 is 0 Å². The first-order valence-electron chi connectivity index (χ1n) is 5.72. The molecule has 1 aliphatic rings. The molecule has 17 heavy (non-hydrogen) atoms. The lowest BCUT2D eigenvalue weighted by molar-refractivity contribution is -0.0780. The van der Waals surface area contributed by atoms with Gasteiger partial charge in [0, 0.05) is 25.9 Å². The van der Waals surface area contributed by atoms with Gasteiger partial charge in [-0.3, -0.25) is 0 Å². The van der Waals surface area contributed by atoms with Gasteiger partial charge in [-0.2, -0.15) is 0 Å². The molecule has 1 amide bonds. The second kappa shape index (κ2) is 4.76. The minimum atomic E-state index is -2.73. The molecule has 100 valence electrons. The molecular formula is C11H20F2N2O2. The van der Waals surface area contributed by atoms with Gasteiger partial charge < -0.3 is 15.4 Å². The fourth-order valence-electron chi connectivity index (χ4n) is 1.80. The third kappa shape index (κ3) is 4.11. The molecule has 1 fully saturated rings. The SMILES string of the molecule is CC(C)(C)OC(=O)N1CCC(F)(F)C[C@H]1CN. The topological polar surface area (TPSA) is 55.6 Å². The maximum absolute atomic E-state index is 13.2. The molecule has 2 N–H and O–H groups in total. The van der Waals surface area contributed by atoms with Crippen LogP contribution in [-0.2, 0) is 4.74 Å². The first kappa shape index (κ1) is 14.2. The van der Waals surface area contributed by atoms with Crippen LogP contribution in [-0.4, -0.2) is 41.6 Å². The number of nitrogens with two attached hydrogens (primary N) is 1. The summed E-state index contributed by atoms with van der Waals surface area (Å²) < 4.78 is 31.5. The summed E-state index contributed by atoms with van der Waals surface area (Å²) >= 11 is 0. The maximum atomic E-state index is 13.2. The van der Waals surface area contributed by atoms with Crippen LogP contribution < -0.4 is 5.73 Å². The summed E-state index contributed by atoms with van der Waals surface area (Å²) in [6, 6.07) is -0.645. The van der Waals surface area contributed by atoms with Gasteiger partial charge in [-0.05, 0) is 20.8 Å². The number of halogens is 2. The second-order valence-electron chi connectivity index (χ2n) is 5.37. The van der Waals surface area contributed by atoms with Crippen LogP contribution in [0.1, 0.15) is 33.6 Å². The molecule has 1 saturated heterocycles. The molecule has 0 radical (unpaired) electrons. The van der Waals surface area contributed by atoms with Crippen LogP contribution in [0.4, 0.5) is 13.6 Å². The number of amides is 1. The Balaban J connectivity index is 2.67. The molecule has 0 unspecified atom stereocenters. The van der Waals surface area contributed by atoms with E-state index in [1.54, 1.807) is 20.8 Å². The predicted octanol–water partition coefficient (Wildman–Crippen LogP) is 1.98. The van der Waals surface area contributed by atoms with Gasteiger partial charge in [0.1, 0.15) is 5.60 Å².